The monoisotopic (exact) mass is 290 g/mol. The topological polar surface area (TPSA) is 38.9 Å². The van der Waals surface area contributed by atoms with Gasteiger partial charge in [0, 0.05) is 11.1 Å². The number of hydrogen-bond acceptors (Lipinski definition) is 2. The van der Waals surface area contributed by atoms with Gasteiger partial charge in [0.1, 0.15) is 5.82 Å². The molecule has 2 N–H and O–H groups in total. The Morgan fingerprint density at radius 2 is 1.48 bits per heavy atom. The number of nitrogens with two attached hydrogens (primary N) is 1. The molecule has 0 fully saturated rings. The highest BCUT2D eigenvalue weighted by atomic mass is 14.8. The molecule has 0 radical (unpaired) electrons. The Balaban J connectivity index is 2.67. The molecule has 0 saturated heterocycles. The first-order valence-electron chi connectivity index (χ1n) is 8.85. The second-order valence-corrected chi connectivity index (χ2v) is 6.63. The summed E-state index contributed by atoms with van der Waals surface area (Å²) in [6, 6.07) is 6.10. The smallest absolute Gasteiger partial charge is 0.123 e. The van der Waals surface area contributed by atoms with Crippen molar-refractivity contribution in [3.05, 3.63) is 23.9 Å². The summed E-state index contributed by atoms with van der Waals surface area (Å²) in [5.41, 5.74) is 7.28. The Hall–Kier alpha value is -1.05. The standard InChI is InChI=1S/C19H34N2/c1-4-6-8-10-15-19(3,16-11-9-7-5-2)17-13-12-14-18(20)21-17/h12-14H,4-11,15-16H2,1-3H3,(H2,20,21). The molecular formula is C19H34N2. The predicted octanol–water partition coefficient (Wildman–Crippen LogP) is 5.86. The first kappa shape index (κ1) is 18.0. The Kier molecular flexibility index (Phi) is 8.41. The molecule has 1 aromatic heterocycles. The molecule has 0 bridgehead atoms. The van der Waals surface area contributed by atoms with Crippen LogP contribution in [0.3, 0.4) is 0 Å². The van der Waals surface area contributed by atoms with Crippen LogP contribution in [-0.2, 0) is 5.41 Å². The van der Waals surface area contributed by atoms with Gasteiger partial charge in [0.15, 0.2) is 0 Å². The third-order valence-electron chi connectivity index (χ3n) is 4.55. The van der Waals surface area contributed by atoms with Gasteiger partial charge in [-0.15, -0.1) is 0 Å². The Morgan fingerprint density at radius 3 is 1.95 bits per heavy atom. The fourth-order valence-electron chi connectivity index (χ4n) is 3.05. The third-order valence-corrected chi connectivity index (χ3v) is 4.55. The minimum Gasteiger partial charge on any atom is -0.384 e. The molecular weight excluding hydrogens is 256 g/mol. The molecule has 0 aliphatic carbocycles. The fraction of sp³-hybridized carbons (Fsp3) is 0.737. The van der Waals surface area contributed by atoms with E-state index in [1.165, 1.54) is 69.9 Å². The molecule has 1 aromatic rings. The van der Waals surface area contributed by atoms with E-state index in [0.29, 0.717) is 5.82 Å². The van der Waals surface area contributed by atoms with Crippen LogP contribution in [0.2, 0.25) is 0 Å². The van der Waals surface area contributed by atoms with E-state index in [-0.39, 0.29) is 5.41 Å². The minimum atomic E-state index is 0.191. The first-order valence-corrected chi connectivity index (χ1v) is 8.85. The van der Waals surface area contributed by atoms with Crippen molar-refractivity contribution in [1.82, 2.24) is 4.98 Å². The SMILES string of the molecule is CCCCCCC(C)(CCCCCC)c1cccc(N)n1. The number of aromatic nitrogens is 1. The van der Waals surface area contributed by atoms with Crippen LogP contribution in [0.1, 0.15) is 90.7 Å². The largest absolute Gasteiger partial charge is 0.384 e. The molecule has 0 spiro atoms. The number of pyridine rings is 1. The van der Waals surface area contributed by atoms with Crippen LogP contribution in [0.15, 0.2) is 18.2 Å². The lowest BCUT2D eigenvalue weighted by Gasteiger charge is -2.29. The Labute approximate surface area is 131 Å². The van der Waals surface area contributed by atoms with Gasteiger partial charge in [-0.25, -0.2) is 4.98 Å². The maximum Gasteiger partial charge on any atom is 0.123 e. The molecule has 21 heavy (non-hydrogen) atoms. The number of unbranched alkanes of at least 4 members (excludes halogenated alkanes) is 6. The number of hydrogen-bond donors (Lipinski definition) is 1. The summed E-state index contributed by atoms with van der Waals surface area (Å²) in [7, 11) is 0. The van der Waals surface area contributed by atoms with E-state index in [0.717, 1.165) is 0 Å². The summed E-state index contributed by atoms with van der Waals surface area (Å²) >= 11 is 0. The van der Waals surface area contributed by atoms with Gasteiger partial charge >= 0.3 is 0 Å². The molecule has 0 aliphatic rings. The second-order valence-electron chi connectivity index (χ2n) is 6.63. The van der Waals surface area contributed by atoms with Crippen molar-refractivity contribution >= 4 is 5.82 Å². The van der Waals surface area contributed by atoms with E-state index in [1.54, 1.807) is 0 Å². The zero-order valence-electron chi connectivity index (χ0n) is 14.3. The molecule has 0 unspecified atom stereocenters. The van der Waals surface area contributed by atoms with E-state index >= 15 is 0 Å². The van der Waals surface area contributed by atoms with Crippen LogP contribution in [0.4, 0.5) is 5.82 Å². The highest BCUT2D eigenvalue weighted by molar-refractivity contribution is 5.31. The number of rotatable bonds is 11. The van der Waals surface area contributed by atoms with Crippen LogP contribution in [0, 0.1) is 0 Å². The van der Waals surface area contributed by atoms with Crippen molar-refractivity contribution < 1.29 is 0 Å². The van der Waals surface area contributed by atoms with Gasteiger partial charge in [-0.2, -0.15) is 0 Å². The molecule has 120 valence electrons. The summed E-state index contributed by atoms with van der Waals surface area (Å²) < 4.78 is 0. The molecule has 0 atom stereocenters. The lowest BCUT2D eigenvalue weighted by atomic mass is 9.76. The average Bonchev–Trinajstić information content (AvgIpc) is 2.48. The molecule has 0 saturated carbocycles. The average molecular weight is 290 g/mol. The van der Waals surface area contributed by atoms with Gasteiger partial charge in [0.05, 0.1) is 0 Å². The normalized spacial score (nSPS) is 11.8. The van der Waals surface area contributed by atoms with Crippen LogP contribution in [0.25, 0.3) is 0 Å². The third kappa shape index (κ3) is 6.50. The molecule has 1 heterocycles. The number of nitrogens with zero attached hydrogens (tertiary/aromatic N) is 1. The van der Waals surface area contributed by atoms with Crippen molar-refractivity contribution in [2.24, 2.45) is 0 Å². The lowest BCUT2D eigenvalue weighted by Crippen LogP contribution is -2.24. The molecule has 2 nitrogen and oxygen atoms in total. The van der Waals surface area contributed by atoms with E-state index in [2.05, 4.69) is 31.8 Å². The zero-order chi connectivity index (χ0) is 15.6. The fourth-order valence-corrected chi connectivity index (χ4v) is 3.05. The predicted molar refractivity (Wildman–Crippen MR) is 93.5 cm³/mol. The van der Waals surface area contributed by atoms with Gasteiger partial charge in [-0.1, -0.05) is 78.2 Å². The van der Waals surface area contributed by atoms with E-state index < -0.39 is 0 Å². The zero-order valence-corrected chi connectivity index (χ0v) is 14.3. The maximum atomic E-state index is 5.90. The van der Waals surface area contributed by atoms with E-state index in [4.69, 9.17) is 5.73 Å². The highest BCUT2D eigenvalue weighted by Gasteiger charge is 2.27. The van der Waals surface area contributed by atoms with Crippen molar-refractivity contribution in [2.75, 3.05) is 5.73 Å². The van der Waals surface area contributed by atoms with Crippen LogP contribution in [-0.4, -0.2) is 4.98 Å². The highest BCUT2D eigenvalue weighted by Crippen LogP contribution is 2.34. The molecule has 0 amide bonds. The maximum absolute atomic E-state index is 5.90. The second kappa shape index (κ2) is 9.81. The van der Waals surface area contributed by atoms with E-state index in [1.807, 2.05) is 12.1 Å². The summed E-state index contributed by atoms with van der Waals surface area (Å²) in [6.07, 6.45) is 13.0. The Bertz CT molecular complexity index is 375. The Morgan fingerprint density at radius 1 is 0.905 bits per heavy atom. The molecule has 0 aromatic carbocycles. The van der Waals surface area contributed by atoms with E-state index in [9.17, 15) is 0 Å². The van der Waals surface area contributed by atoms with Crippen molar-refractivity contribution in [3.63, 3.8) is 0 Å². The van der Waals surface area contributed by atoms with Crippen molar-refractivity contribution in [3.8, 4) is 0 Å². The van der Waals surface area contributed by atoms with Crippen LogP contribution >= 0.6 is 0 Å². The quantitative estimate of drug-likeness (QED) is 0.518. The van der Waals surface area contributed by atoms with Crippen LogP contribution in [0.5, 0.6) is 0 Å². The summed E-state index contributed by atoms with van der Waals surface area (Å²) in [5.74, 6) is 0.654. The number of anilines is 1. The van der Waals surface area contributed by atoms with Gasteiger partial charge in [0.2, 0.25) is 0 Å². The van der Waals surface area contributed by atoms with Gasteiger partial charge in [0.25, 0.3) is 0 Å². The summed E-state index contributed by atoms with van der Waals surface area (Å²) in [4.78, 5) is 4.62. The summed E-state index contributed by atoms with van der Waals surface area (Å²) in [5, 5.41) is 0. The van der Waals surface area contributed by atoms with Gasteiger partial charge in [-0.05, 0) is 25.0 Å². The minimum absolute atomic E-state index is 0.191. The lowest BCUT2D eigenvalue weighted by molar-refractivity contribution is 0.356. The van der Waals surface area contributed by atoms with Crippen molar-refractivity contribution in [1.29, 1.82) is 0 Å². The van der Waals surface area contributed by atoms with Crippen molar-refractivity contribution in [2.45, 2.75) is 90.4 Å². The first-order chi connectivity index (χ1) is 10.1. The van der Waals surface area contributed by atoms with Gasteiger partial charge in [-0.3, -0.25) is 0 Å². The molecule has 2 heteroatoms. The van der Waals surface area contributed by atoms with Crippen LogP contribution < -0.4 is 5.73 Å². The number of nitrogen functional groups attached to an aromatic ring is 1. The molecule has 0 aliphatic heterocycles. The van der Waals surface area contributed by atoms with Gasteiger partial charge < -0.3 is 5.73 Å². The summed E-state index contributed by atoms with van der Waals surface area (Å²) in [6.45, 7) is 6.92. The molecule has 1 rings (SSSR count).